The SMILES string of the molecule is O=C(CCCc1ccccc1)OCCC1=CCC=CC1. The number of hydrogen-bond donors (Lipinski definition) is 0. The maximum atomic E-state index is 11.6. The summed E-state index contributed by atoms with van der Waals surface area (Å²) < 4.78 is 5.28. The van der Waals surface area contributed by atoms with Gasteiger partial charge in [-0.05, 0) is 31.2 Å². The first kappa shape index (κ1) is 14.6. The van der Waals surface area contributed by atoms with Gasteiger partial charge in [0.2, 0.25) is 0 Å². The van der Waals surface area contributed by atoms with E-state index in [0.29, 0.717) is 13.0 Å². The number of rotatable bonds is 7. The normalized spacial score (nSPS) is 13.9. The van der Waals surface area contributed by atoms with Crippen molar-refractivity contribution in [2.24, 2.45) is 0 Å². The topological polar surface area (TPSA) is 26.3 Å². The van der Waals surface area contributed by atoms with Crippen molar-refractivity contribution < 1.29 is 9.53 Å². The molecular formula is C18H22O2. The number of allylic oxidation sites excluding steroid dienone is 3. The monoisotopic (exact) mass is 270 g/mol. The third kappa shape index (κ3) is 5.43. The molecule has 0 amide bonds. The number of esters is 1. The molecule has 0 unspecified atom stereocenters. The van der Waals surface area contributed by atoms with Crippen molar-refractivity contribution in [3.63, 3.8) is 0 Å². The third-order valence-corrected chi connectivity index (χ3v) is 3.46. The number of carbonyl (C=O) groups is 1. The zero-order chi connectivity index (χ0) is 14.0. The quantitative estimate of drug-likeness (QED) is 0.548. The maximum Gasteiger partial charge on any atom is 0.305 e. The lowest BCUT2D eigenvalue weighted by Gasteiger charge is -2.09. The fourth-order valence-electron chi connectivity index (χ4n) is 2.30. The highest BCUT2D eigenvalue weighted by Gasteiger charge is 2.04. The van der Waals surface area contributed by atoms with Gasteiger partial charge >= 0.3 is 5.97 Å². The summed E-state index contributed by atoms with van der Waals surface area (Å²) in [6.45, 7) is 0.518. The van der Waals surface area contributed by atoms with E-state index in [1.54, 1.807) is 0 Å². The number of hydrogen-bond acceptors (Lipinski definition) is 2. The number of carbonyl (C=O) groups excluding carboxylic acids is 1. The first-order valence-corrected chi connectivity index (χ1v) is 7.37. The van der Waals surface area contributed by atoms with Gasteiger partial charge in [-0.25, -0.2) is 0 Å². The average Bonchev–Trinajstić information content (AvgIpc) is 2.49. The van der Waals surface area contributed by atoms with Crippen molar-refractivity contribution in [1.82, 2.24) is 0 Å². The molecule has 0 spiro atoms. The van der Waals surface area contributed by atoms with Crippen molar-refractivity contribution in [2.75, 3.05) is 6.61 Å². The van der Waals surface area contributed by atoms with Crippen LogP contribution in [0.3, 0.4) is 0 Å². The molecular weight excluding hydrogens is 248 g/mol. The number of benzene rings is 1. The molecule has 0 saturated heterocycles. The van der Waals surface area contributed by atoms with Crippen LogP contribution in [-0.2, 0) is 16.0 Å². The molecule has 106 valence electrons. The largest absolute Gasteiger partial charge is 0.465 e. The van der Waals surface area contributed by atoms with Gasteiger partial charge in [-0.1, -0.05) is 54.1 Å². The summed E-state index contributed by atoms with van der Waals surface area (Å²) in [5.41, 5.74) is 2.66. The highest BCUT2D eigenvalue weighted by Crippen LogP contribution is 2.14. The second-order valence-corrected chi connectivity index (χ2v) is 5.08. The zero-order valence-corrected chi connectivity index (χ0v) is 11.9. The summed E-state index contributed by atoms with van der Waals surface area (Å²) in [5, 5.41) is 0. The Hall–Kier alpha value is -1.83. The summed E-state index contributed by atoms with van der Waals surface area (Å²) in [6, 6.07) is 10.2. The molecule has 2 heteroatoms. The van der Waals surface area contributed by atoms with Crippen LogP contribution in [0.4, 0.5) is 0 Å². The molecule has 1 aliphatic carbocycles. The zero-order valence-electron chi connectivity index (χ0n) is 11.9. The van der Waals surface area contributed by atoms with Crippen LogP contribution < -0.4 is 0 Å². The Morgan fingerprint density at radius 1 is 1.10 bits per heavy atom. The fourth-order valence-corrected chi connectivity index (χ4v) is 2.30. The van der Waals surface area contributed by atoms with Crippen LogP contribution >= 0.6 is 0 Å². The van der Waals surface area contributed by atoms with Gasteiger partial charge in [0, 0.05) is 12.8 Å². The molecule has 0 bridgehead atoms. The van der Waals surface area contributed by atoms with Crippen LogP contribution in [0.2, 0.25) is 0 Å². The van der Waals surface area contributed by atoms with Gasteiger partial charge in [0.15, 0.2) is 0 Å². The molecule has 20 heavy (non-hydrogen) atoms. The minimum atomic E-state index is -0.0760. The summed E-state index contributed by atoms with van der Waals surface area (Å²) >= 11 is 0. The Morgan fingerprint density at radius 3 is 2.70 bits per heavy atom. The second kappa shape index (κ2) is 8.36. The smallest absolute Gasteiger partial charge is 0.305 e. The third-order valence-electron chi connectivity index (χ3n) is 3.46. The van der Waals surface area contributed by atoms with Crippen LogP contribution in [0.1, 0.15) is 37.7 Å². The van der Waals surface area contributed by atoms with E-state index in [-0.39, 0.29) is 5.97 Å². The standard InChI is InChI=1S/C18H22O2/c19-18(13-7-12-16-8-3-1-4-9-16)20-15-14-17-10-5-2-6-11-17/h1-5,8-9,11H,6-7,10,12-15H2. The van der Waals surface area contributed by atoms with Crippen LogP contribution in [-0.4, -0.2) is 12.6 Å². The Balaban J connectivity index is 1.55. The predicted molar refractivity (Wildman–Crippen MR) is 81.4 cm³/mol. The molecule has 1 aromatic rings. The molecule has 0 atom stereocenters. The van der Waals surface area contributed by atoms with Crippen LogP contribution in [0.5, 0.6) is 0 Å². The van der Waals surface area contributed by atoms with Crippen molar-refractivity contribution in [3.05, 3.63) is 59.7 Å². The predicted octanol–water partition coefficient (Wildman–Crippen LogP) is 4.22. The summed E-state index contributed by atoms with van der Waals surface area (Å²) in [7, 11) is 0. The summed E-state index contributed by atoms with van der Waals surface area (Å²) in [5.74, 6) is -0.0760. The lowest BCUT2D eigenvalue weighted by molar-refractivity contribution is -0.143. The molecule has 0 fully saturated rings. The van der Waals surface area contributed by atoms with Gasteiger partial charge in [-0.2, -0.15) is 0 Å². The molecule has 0 N–H and O–H groups in total. The van der Waals surface area contributed by atoms with E-state index in [1.807, 2.05) is 18.2 Å². The Kier molecular flexibility index (Phi) is 6.09. The molecule has 0 aliphatic heterocycles. The van der Waals surface area contributed by atoms with Crippen LogP contribution in [0.15, 0.2) is 54.1 Å². The molecule has 2 rings (SSSR count). The molecule has 0 radical (unpaired) electrons. The molecule has 0 aromatic heterocycles. The van der Waals surface area contributed by atoms with Crippen molar-refractivity contribution in [1.29, 1.82) is 0 Å². The maximum absolute atomic E-state index is 11.6. The second-order valence-electron chi connectivity index (χ2n) is 5.08. The lowest BCUT2D eigenvalue weighted by Crippen LogP contribution is -2.07. The van der Waals surface area contributed by atoms with Crippen LogP contribution in [0.25, 0.3) is 0 Å². The lowest BCUT2D eigenvalue weighted by atomic mass is 10.0. The minimum Gasteiger partial charge on any atom is -0.465 e. The molecule has 0 saturated carbocycles. The Labute approximate surface area is 121 Å². The van der Waals surface area contributed by atoms with E-state index in [4.69, 9.17) is 4.74 Å². The van der Waals surface area contributed by atoms with Gasteiger partial charge in [-0.3, -0.25) is 4.79 Å². The molecule has 1 aliphatic rings. The van der Waals surface area contributed by atoms with Gasteiger partial charge in [0.1, 0.15) is 0 Å². The highest BCUT2D eigenvalue weighted by atomic mass is 16.5. The van der Waals surface area contributed by atoms with E-state index in [0.717, 1.165) is 32.1 Å². The van der Waals surface area contributed by atoms with Gasteiger partial charge in [0.05, 0.1) is 6.61 Å². The Morgan fingerprint density at radius 2 is 1.95 bits per heavy atom. The van der Waals surface area contributed by atoms with E-state index >= 15 is 0 Å². The summed E-state index contributed by atoms with van der Waals surface area (Å²) in [6.07, 6.45) is 11.8. The van der Waals surface area contributed by atoms with E-state index in [1.165, 1.54) is 11.1 Å². The summed E-state index contributed by atoms with van der Waals surface area (Å²) in [4.78, 5) is 11.6. The average molecular weight is 270 g/mol. The van der Waals surface area contributed by atoms with Crippen molar-refractivity contribution >= 4 is 5.97 Å². The number of aryl methyl sites for hydroxylation is 1. The first-order chi connectivity index (χ1) is 9.84. The van der Waals surface area contributed by atoms with E-state index in [9.17, 15) is 4.79 Å². The van der Waals surface area contributed by atoms with E-state index in [2.05, 4.69) is 30.4 Å². The Bertz CT molecular complexity index is 471. The first-order valence-electron chi connectivity index (χ1n) is 7.37. The van der Waals surface area contributed by atoms with Gasteiger partial charge in [0.25, 0.3) is 0 Å². The molecule has 0 heterocycles. The highest BCUT2D eigenvalue weighted by molar-refractivity contribution is 5.69. The molecule has 2 nitrogen and oxygen atoms in total. The fraction of sp³-hybridized carbons (Fsp3) is 0.389. The van der Waals surface area contributed by atoms with Crippen molar-refractivity contribution in [3.8, 4) is 0 Å². The van der Waals surface area contributed by atoms with Crippen molar-refractivity contribution in [2.45, 2.75) is 38.5 Å². The number of ether oxygens (including phenoxy) is 1. The van der Waals surface area contributed by atoms with E-state index < -0.39 is 0 Å². The minimum absolute atomic E-state index is 0.0760. The van der Waals surface area contributed by atoms with Gasteiger partial charge in [-0.15, -0.1) is 0 Å². The molecule has 1 aromatic carbocycles. The van der Waals surface area contributed by atoms with Gasteiger partial charge < -0.3 is 4.74 Å². The van der Waals surface area contributed by atoms with Crippen LogP contribution in [0, 0.1) is 0 Å².